The molecule has 0 saturated heterocycles. The average molecular weight is 374 g/mol. The van der Waals surface area contributed by atoms with Crippen LogP contribution in [0.5, 0.6) is 0 Å². The molecule has 1 heterocycles. The Morgan fingerprint density at radius 1 is 1.19 bits per heavy atom. The zero-order valence-electron chi connectivity index (χ0n) is 15.0. The second-order valence-corrected chi connectivity index (χ2v) is 6.45. The van der Waals surface area contributed by atoms with Crippen molar-refractivity contribution in [1.29, 1.82) is 0 Å². The number of hydrogen-bond acceptors (Lipinski definition) is 4. The number of aryl methyl sites for hydroxylation is 1. The number of aromatic amines is 2. The molecule has 0 saturated carbocycles. The average Bonchev–Trinajstić information content (AvgIpc) is 2.60. The summed E-state index contributed by atoms with van der Waals surface area (Å²) in [6.45, 7) is 2.20. The van der Waals surface area contributed by atoms with Crippen LogP contribution in [0.2, 0.25) is 0 Å². The van der Waals surface area contributed by atoms with Crippen molar-refractivity contribution >= 4 is 24.0 Å². The van der Waals surface area contributed by atoms with E-state index in [-0.39, 0.29) is 28.6 Å². The molecule has 26 heavy (non-hydrogen) atoms. The number of H-pyrrole nitrogens is 2. The van der Waals surface area contributed by atoms with Crippen molar-refractivity contribution in [3.8, 4) is 0 Å². The number of carbonyl (C=O) groups excluding carboxylic acids is 2. The van der Waals surface area contributed by atoms with Crippen LogP contribution in [0, 0.1) is 11.7 Å². The summed E-state index contributed by atoms with van der Waals surface area (Å²) in [4.78, 5) is 42.9. The monoisotopic (exact) mass is 374 g/mol. The molecule has 8 heteroatoms. The Labute approximate surface area is 156 Å². The van der Waals surface area contributed by atoms with E-state index < -0.39 is 0 Å². The SMILES string of the molecule is CNC(=O)c1ccc(CN(C)C(=O)CCc2c(C)[nH]c(=S)[nH]c2=O)cc1. The Morgan fingerprint density at radius 2 is 1.85 bits per heavy atom. The third-order valence-corrected chi connectivity index (χ3v) is 4.34. The van der Waals surface area contributed by atoms with Crippen LogP contribution < -0.4 is 10.9 Å². The van der Waals surface area contributed by atoms with Crippen LogP contribution in [-0.2, 0) is 17.8 Å². The van der Waals surface area contributed by atoms with Gasteiger partial charge in [0.05, 0.1) is 0 Å². The predicted octanol–water partition coefficient (Wildman–Crippen LogP) is 1.69. The second kappa shape index (κ2) is 8.57. The van der Waals surface area contributed by atoms with Crippen LogP contribution >= 0.6 is 12.2 Å². The molecular weight excluding hydrogens is 352 g/mol. The van der Waals surface area contributed by atoms with Crippen molar-refractivity contribution in [3.05, 3.63) is 61.8 Å². The van der Waals surface area contributed by atoms with Crippen molar-refractivity contribution < 1.29 is 9.59 Å². The smallest absolute Gasteiger partial charge is 0.255 e. The van der Waals surface area contributed by atoms with E-state index in [0.717, 1.165) is 5.56 Å². The van der Waals surface area contributed by atoms with Gasteiger partial charge in [-0.25, -0.2) is 0 Å². The van der Waals surface area contributed by atoms with Gasteiger partial charge in [-0.2, -0.15) is 0 Å². The lowest BCUT2D eigenvalue weighted by atomic mass is 10.1. The van der Waals surface area contributed by atoms with E-state index in [4.69, 9.17) is 12.2 Å². The summed E-state index contributed by atoms with van der Waals surface area (Å²) in [6.07, 6.45) is 0.563. The number of carbonyl (C=O) groups is 2. The fourth-order valence-electron chi connectivity index (χ4n) is 2.62. The number of hydrogen-bond donors (Lipinski definition) is 3. The maximum Gasteiger partial charge on any atom is 0.255 e. The highest BCUT2D eigenvalue weighted by Crippen LogP contribution is 2.09. The summed E-state index contributed by atoms with van der Waals surface area (Å²) in [5.74, 6) is -0.217. The number of nitrogens with zero attached hydrogens (tertiary/aromatic N) is 1. The lowest BCUT2D eigenvalue weighted by Crippen LogP contribution is -2.27. The zero-order valence-corrected chi connectivity index (χ0v) is 15.8. The van der Waals surface area contributed by atoms with Gasteiger partial charge < -0.3 is 15.2 Å². The fourth-order valence-corrected chi connectivity index (χ4v) is 2.86. The molecule has 0 unspecified atom stereocenters. The first-order valence-electron chi connectivity index (χ1n) is 8.19. The quantitative estimate of drug-likeness (QED) is 0.670. The Kier molecular flexibility index (Phi) is 6.46. The van der Waals surface area contributed by atoms with Crippen LogP contribution in [0.1, 0.15) is 33.6 Å². The molecule has 1 aromatic heterocycles. The first-order valence-corrected chi connectivity index (χ1v) is 8.59. The van der Waals surface area contributed by atoms with Gasteiger partial charge in [-0.3, -0.25) is 19.4 Å². The normalized spacial score (nSPS) is 10.4. The lowest BCUT2D eigenvalue weighted by Gasteiger charge is -2.17. The van der Waals surface area contributed by atoms with Crippen LogP contribution in [0.3, 0.4) is 0 Å². The van der Waals surface area contributed by atoms with Crippen molar-refractivity contribution in [2.24, 2.45) is 0 Å². The van der Waals surface area contributed by atoms with Gasteiger partial charge in [0.2, 0.25) is 5.91 Å². The van der Waals surface area contributed by atoms with E-state index in [1.54, 1.807) is 38.1 Å². The van der Waals surface area contributed by atoms with Crippen molar-refractivity contribution in [2.75, 3.05) is 14.1 Å². The molecule has 2 rings (SSSR count). The maximum absolute atomic E-state index is 12.4. The molecule has 2 aromatic rings. The minimum absolute atomic E-state index is 0.0679. The van der Waals surface area contributed by atoms with E-state index in [0.29, 0.717) is 29.8 Å². The summed E-state index contributed by atoms with van der Waals surface area (Å²) in [7, 11) is 3.29. The van der Waals surface area contributed by atoms with E-state index in [1.807, 2.05) is 12.1 Å². The Morgan fingerprint density at radius 3 is 2.42 bits per heavy atom. The van der Waals surface area contributed by atoms with Gasteiger partial charge in [-0.05, 0) is 43.3 Å². The van der Waals surface area contributed by atoms with Crippen LogP contribution in [0.25, 0.3) is 0 Å². The molecule has 0 spiro atoms. The topological polar surface area (TPSA) is 98.1 Å². The number of nitrogens with one attached hydrogen (secondary N) is 3. The van der Waals surface area contributed by atoms with Crippen LogP contribution in [0.15, 0.2) is 29.1 Å². The molecule has 0 aliphatic rings. The fraction of sp³-hybridized carbons (Fsp3) is 0.333. The highest BCUT2D eigenvalue weighted by atomic mass is 32.1. The van der Waals surface area contributed by atoms with Crippen LogP contribution in [0.4, 0.5) is 0 Å². The van der Waals surface area contributed by atoms with Crippen molar-refractivity contribution in [2.45, 2.75) is 26.3 Å². The number of amides is 2. The molecule has 7 nitrogen and oxygen atoms in total. The summed E-state index contributed by atoms with van der Waals surface area (Å²) >= 11 is 4.92. The minimum atomic E-state index is -0.258. The Hall–Kier alpha value is -2.74. The predicted molar refractivity (Wildman–Crippen MR) is 102 cm³/mol. The first-order chi connectivity index (χ1) is 12.3. The Balaban J connectivity index is 1.97. The zero-order chi connectivity index (χ0) is 19.3. The van der Waals surface area contributed by atoms with Gasteiger partial charge in [0, 0.05) is 43.9 Å². The molecular formula is C18H22N4O3S. The standard InChI is InChI=1S/C18H22N4O3S/c1-11-14(17(25)21-18(26)20-11)8-9-15(23)22(3)10-12-4-6-13(7-5-12)16(24)19-2/h4-7H,8-10H2,1-3H3,(H,19,24)(H2,20,21,25,26). The first kappa shape index (κ1) is 19.6. The molecule has 2 amide bonds. The third-order valence-electron chi connectivity index (χ3n) is 4.13. The number of rotatable bonds is 6. The molecule has 0 aliphatic carbocycles. The highest BCUT2D eigenvalue weighted by molar-refractivity contribution is 7.71. The maximum atomic E-state index is 12.4. The van der Waals surface area contributed by atoms with Crippen molar-refractivity contribution in [3.63, 3.8) is 0 Å². The molecule has 3 N–H and O–H groups in total. The molecule has 138 valence electrons. The van der Waals surface area contributed by atoms with Gasteiger partial charge in [-0.15, -0.1) is 0 Å². The van der Waals surface area contributed by atoms with E-state index in [1.165, 1.54) is 0 Å². The lowest BCUT2D eigenvalue weighted by molar-refractivity contribution is -0.130. The molecule has 1 aromatic carbocycles. The summed E-state index contributed by atoms with van der Waals surface area (Å²) in [6, 6.07) is 7.09. The molecule has 0 fully saturated rings. The summed E-state index contributed by atoms with van der Waals surface area (Å²) in [5.41, 5.74) is 2.45. The molecule has 0 aliphatic heterocycles. The van der Waals surface area contributed by atoms with E-state index >= 15 is 0 Å². The van der Waals surface area contributed by atoms with E-state index in [9.17, 15) is 14.4 Å². The summed E-state index contributed by atoms with van der Waals surface area (Å²) in [5, 5.41) is 2.56. The highest BCUT2D eigenvalue weighted by Gasteiger charge is 2.13. The summed E-state index contributed by atoms with van der Waals surface area (Å²) < 4.78 is 0.278. The Bertz CT molecular complexity index is 915. The third kappa shape index (κ3) is 4.89. The second-order valence-electron chi connectivity index (χ2n) is 6.04. The molecule has 0 bridgehead atoms. The van der Waals surface area contributed by atoms with Gasteiger partial charge in [0.15, 0.2) is 4.77 Å². The molecule has 0 radical (unpaired) electrons. The van der Waals surface area contributed by atoms with Crippen LogP contribution in [-0.4, -0.2) is 40.8 Å². The van der Waals surface area contributed by atoms with Gasteiger partial charge in [0.1, 0.15) is 0 Å². The van der Waals surface area contributed by atoms with Gasteiger partial charge in [0.25, 0.3) is 11.5 Å². The van der Waals surface area contributed by atoms with Crippen molar-refractivity contribution in [1.82, 2.24) is 20.2 Å². The largest absolute Gasteiger partial charge is 0.355 e. The van der Waals surface area contributed by atoms with E-state index in [2.05, 4.69) is 15.3 Å². The molecule has 0 atom stereocenters. The number of benzene rings is 1. The van der Waals surface area contributed by atoms with Gasteiger partial charge >= 0.3 is 0 Å². The van der Waals surface area contributed by atoms with Gasteiger partial charge in [-0.1, -0.05) is 12.1 Å². The number of aromatic nitrogens is 2. The minimum Gasteiger partial charge on any atom is -0.355 e.